The Morgan fingerprint density at radius 3 is 2.68 bits per heavy atom. The Hall–Kier alpha value is -1.69. The first-order valence-corrected chi connectivity index (χ1v) is 10.0. The van der Waals surface area contributed by atoms with Crippen LogP contribution in [0.15, 0.2) is 53.4 Å². The van der Waals surface area contributed by atoms with Crippen LogP contribution in [0.1, 0.15) is 0 Å². The summed E-state index contributed by atoms with van der Waals surface area (Å²) in [7, 11) is 0. The van der Waals surface area contributed by atoms with Crippen LogP contribution in [-0.2, 0) is 4.79 Å². The van der Waals surface area contributed by atoms with E-state index in [2.05, 4.69) is 16.3 Å². The molecule has 1 fully saturated rings. The first-order chi connectivity index (χ1) is 12.1. The van der Waals surface area contributed by atoms with Gasteiger partial charge >= 0.3 is 0 Å². The number of quaternary nitrogens is 1. The van der Waals surface area contributed by atoms with Crippen LogP contribution in [-0.4, -0.2) is 44.9 Å². The van der Waals surface area contributed by atoms with Gasteiger partial charge in [-0.05, 0) is 42.7 Å². The third kappa shape index (κ3) is 5.14. The monoisotopic (exact) mass is 376 g/mol. The number of rotatable bonds is 5. The molecule has 0 aliphatic carbocycles. The maximum atomic E-state index is 12.3. The highest BCUT2D eigenvalue weighted by Gasteiger charge is 2.22. The van der Waals surface area contributed by atoms with Crippen LogP contribution >= 0.6 is 23.4 Å². The highest BCUT2D eigenvalue weighted by molar-refractivity contribution is 7.98. The van der Waals surface area contributed by atoms with Gasteiger partial charge in [0.25, 0.3) is 5.91 Å². The number of piperazine rings is 1. The fraction of sp³-hybridized carbons (Fsp3) is 0.316. The Balaban J connectivity index is 1.49. The number of carbonyl (C=O) groups is 1. The third-order valence-electron chi connectivity index (χ3n) is 4.41. The lowest BCUT2D eigenvalue weighted by atomic mass is 10.2. The second kappa shape index (κ2) is 8.61. The molecule has 1 amide bonds. The first-order valence-electron chi connectivity index (χ1n) is 8.42. The maximum absolute atomic E-state index is 12.3. The number of amides is 1. The number of anilines is 2. The van der Waals surface area contributed by atoms with Gasteiger partial charge in [-0.25, -0.2) is 0 Å². The predicted octanol–water partition coefficient (Wildman–Crippen LogP) is 2.41. The van der Waals surface area contributed by atoms with Crippen LogP contribution in [0.5, 0.6) is 0 Å². The highest BCUT2D eigenvalue weighted by Crippen LogP contribution is 2.20. The zero-order valence-corrected chi connectivity index (χ0v) is 15.9. The molecule has 2 aromatic rings. The van der Waals surface area contributed by atoms with E-state index in [4.69, 9.17) is 11.6 Å². The second-order valence-electron chi connectivity index (χ2n) is 6.17. The summed E-state index contributed by atoms with van der Waals surface area (Å²) in [6.07, 6.45) is 2.03. The average Bonchev–Trinajstić information content (AvgIpc) is 2.62. The molecule has 3 rings (SSSR count). The van der Waals surface area contributed by atoms with E-state index >= 15 is 0 Å². The Labute approximate surface area is 158 Å². The van der Waals surface area contributed by atoms with Gasteiger partial charge in [0.1, 0.15) is 0 Å². The summed E-state index contributed by atoms with van der Waals surface area (Å²) in [5.41, 5.74) is 2.03. The summed E-state index contributed by atoms with van der Waals surface area (Å²) in [5.74, 6) is 0.0736. The van der Waals surface area contributed by atoms with E-state index in [0.717, 1.165) is 47.5 Å². The van der Waals surface area contributed by atoms with Crippen LogP contribution < -0.4 is 15.1 Å². The van der Waals surface area contributed by atoms with Gasteiger partial charge in [-0.1, -0.05) is 23.7 Å². The zero-order valence-electron chi connectivity index (χ0n) is 14.3. The van der Waals surface area contributed by atoms with Crippen molar-refractivity contribution in [2.24, 2.45) is 0 Å². The third-order valence-corrected chi connectivity index (χ3v) is 5.37. The van der Waals surface area contributed by atoms with E-state index in [0.29, 0.717) is 6.54 Å². The number of hydrogen-bond donors (Lipinski definition) is 2. The molecule has 1 heterocycles. The van der Waals surface area contributed by atoms with Gasteiger partial charge in [0, 0.05) is 21.3 Å². The van der Waals surface area contributed by atoms with Gasteiger partial charge in [-0.15, -0.1) is 11.8 Å². The quantitative estimate of drug-likeness (QED) is 0.787. The number of hydrogen-bond acceptors (Lipinski definition) is 3. The van der Waals surface area contributed by atoms with Crippen molar-refractivity contribution in [2.45, 2.75) is 4.90 Å². The Bertz CT molecular complexity index is 732. The SMILES string of the molecule is CSc1cccc(NC(=O)C[NH+]2CCN(c3cccc(Cl)c3)CC2)c1. The number of halogens is 1. The fourth-order valence-corrected chi connectivity index (χ4v) is 3.71. The van der Waals surface area contributed by atoms with E-state index in [1.165, 1.54) is 4.90 Å². The van der Waals surface area contributed by atoms with Gasteiger partial charge in [0.15, 0.2) is 6.54 Å². The Morgan fingerprint density at radius 2 is 1.96 bits per heavy atom. The molecule has 6 heteroatoms. The number of carbonyl (C=O) groups excluding carboxylic acids is 1. The number of benzene rings is 2. The van der Waals surface area contributed by atoms with Crippen LogP contribution in [0, 0.1) is 0 Å². The van der Waals surface area contributed by atoms with Crippen molar-refractivity contribution in [1.82, 2.24) is 0 Å². The molecule has 1 aliphatic rings. The van der Waals surface area contributed by atoms with E-state index < -0.39 is 0 Å². The lowest BCUT2D eigenvalue weighted by Gasteiger charge is -2.33. The van der Waals surface area contributed by atoms with Gasteiger partial charge < -0.3 is 15.1 Å². The molecule has 2 aromatic carbocycles. The average molecular weight is 377 g/mol. The minimum absolute atomic E-state index is 0.0736. The van der Waals surface area contributed by atoms with Crippen LogP contribution in [0.25, 0.3) is 0 Å². The van der Waals surface area contributed by atoms with E-state index in [1.807, 2.05) is 48.7 Å². The lowest BCUT2D eigenvalue weighted by molar-refractivity contribution is -0.892. The Kier molecular flexibility index (Phi) is 6.24. The van der Waals surface area contributed by atoms with Crippen molar-refractivity contribution in [2.75, 3.05) is 49.2 Å². The number of nitrogens with one attached hydrogen (secondary N) is 2. The van der Waals surface area contributed by atoms with Gasteiger partial charge in [-0.2, -0.15) is 0 Å². The van der Waals surface area contributed by atoms with E-state index in [-0.39, 0.29) is 5.91 Å². The molecule has 0 saturated carbocycles. The van der Waals surface area contributed by atoms with Crippen LogP contribution in [0.3, 0.4) is 0 Å². The van der Waals surface area contributed by atoms with Crippen molar-refractivity contribution >= 4 is 40.6 Å². The van der Waals surface area contributed by atoms with Crippen molar-refractivity contribution in [1.29, 1.82) is 0 Å². The highest BCUT2D eigenvalue weighted by atomic mass is 35.5. The molecule has 0 atom stereocenters. The first kappa shape index (κ1) is 18.1. The second-order valence-corrected chi connectivity index (χ2v) is 7.49. The summed E-state index contributed by atoms with van der Waals surface area (Å²) >= 11 is 7.75. The fourth-order valence-electron chi connectivity index (χ4n) is 3.06. The summed E-state index contributed by atoms with van der Waals surface area (Å²) < 4.78 is 0. The van der Waals surface area contributed by atoms with Gasteiger partial charge in [0.2, 0.25) is 0 Å². The van der Waals surface area contributed by atoms with E-state index in [1.54, 1.807) is 11.8 Å². The molecular weight excluding hydrogens is 354 g/mol. The standard InChI is InChI=1S/C19H22ClN3OS/c1-25-18-7-3-5-16(13-18)21-19(24)14-22-8-10-23(11-9-22)17-6-2-4-15(20)12-17/h2-7,12-13H,8-11,14H2,1H3,(H,21,24)/p+1. The predicted molar refractivity (Wildman–Crippen MR) is 106 cm³/mol. The van der Waals surface area contributed by atoms with Crippen molar-refractivity contribution in [3.8, 4) is 0 Å². The van der Waals surface area contributed by atoms with Gasteiger partial charge in [0.05, 0.1) is 26.2 Å². The molecule has 132 valence electrons. The molecule has 0 aromatic heterocycles. The summed E-state index contributed by atoms with van der Waals surface area (Å²) in [4.78, 5) is 17.1. The van der Waals surface area contributed by atoms with E-state index in [9.17, 15) is 4.79 Å². The minimum Gasteiger partial charge on any atom is -0.360 e. The molecule has 1 saturated heterocycles. The van der Waals surface area contributed by atoms with Gasteiger partial charge in [-0.3, -0.25) is 4.79 Å². The number of nitrogens with zero attached hydrogens (tertiary/aromatic N) is 1. The molecule has 4 nitrogen and oxygen atoms in total. The summed E-state index contributed by atoms with van der Waals surface area (Å²) in [6, 6.07) is 15.9. The van der Waals surface area contributed by atoms with Crippen molar-refractivity contribution in [3.05, 3.63) is 53.6 Å². The topological polar surface area (TPSA) is 36.8 Å². The summed E-state index contributed by atoms with van der Waals surface area (Å²) in [5, 5.41) is 3.77. The lowest BCUT2D eigenvalue weighted by Crippen LogP contribution is -3.15. The van der Waals surface area contributed by atoms with Crippen LogP contribution in [0.2, 0.25) is 5.02 Å². The smallest absolute Gasteiger partial charge is 0.279 e. The molecule has 0 unspecified atom stereocenters. The summed E-state index contributed by atoms with van der Waals surface area (Å²) in [6.45, 7) is 4.28. The molecular formula is C19H23ClN3OS+. The zero-order chi connectivity index (χ0) is 17.6. The molecule has 1 aliphatic heterocycles. The number of thioether (sulfide) groups is 1. The molecule has 25 heavy (non-hydrogen) atoms. The normalized spacial score (nSPS) is 15.2. The molecule has 2 N–H and O–H groups in total. The Morgan fingerprint density at radius 1 is 1.20 bits per heavy atom. The van der Waals surface area contributed by atoms with Crippen LogP contribution in [0.4, 0.5) is 11.4 Å². The largest absolute Gasteiger partial charge is 0.360 e. The minimum atomic E-state index is 0.0736. The van der Waals surface area contributed by atoms with Crippen molar-refractivity contribution in [3.63, 3.8) is 0 Å². The molecule has 0 spiro atoms. The molecule has 0 bridgehead atoms. The maximum Gasteiger partial charge on any atom is 0.279 e. The molecule has 0 radical (unpaired) electrons. The van der Waals surface area contributed by atoms with Crippen molar-refractivity contribution < 1.29 is 9.69 Å².